The fraction of sp³-hybridized carbons (Fsp3) is 0.556. The van der Waals surface area contributed by atoms with E-state index in [1.165, 1.54) is 0 Å². The van der Waals surface area contributed by atoms with Gasteiger partial charge in [-0.1, -0.05) is 15.9 Å². The zero-order chi connectivity index (χ0) is 10.8. The number of alkyl halides is 1. The minimum Gasteiger partial charge on any atom is -0.349 e. The van der Waals surface area contributed by atoms with Gasteiger partial charge in [0, 0.05) is 13.2 Å². The van der Waals surface area contributed by atoms with E-state index in [0.717, 1.165) is 5.69 Å². The van der Waals surface area contributed by atoms with Crippen LogP contribution in [0.2, 0.25) is 0 Å². The fourth-order valence-electron chi connectivity index (χ4n) is 0.938. The third-order valence-corrected chi connectivity index (χ3v) is 2.10. The Hall–Kier alpha value is -0.840. The molecule has 0 saturated carbocycles. The van der Waals surface area contributed by atoms with Crippen molar-refractivity contribution in [3.05, 3.63) is 18.0 Å². The molecule has 0 unspecified atom stereocenters. The van der Waals surface area contributed by atoms with Gasteiger partial charge in [-0.15, -0.1) is 0 Å². The van der Waals surface area contributed by atoms with Gasteiger partial charge in [0.05, 0.1) is 16.6 Å². The van der Waals surface area contributed by atoms with E-state index >= 15 is 0 Å². The predicted octanol–water partition coefficient (Wildman–Crippen LogP) is 1.21. The molecule has 0 aromatic carbocycles. The zero-order valence-corrected chi connectivity index (χ0v) is 10.1. The molecule has 14 heavy (non-hydrogen) atoms. The molecule has 0 atom stereocenters. The first-order valence-electron chi connectivity index (χ1n) is 4.35. The van der Waals surface area contributed by atoms with Gasteiger partial charge in [0.25, 0.3) is 0 Å². The Kier molecular flexibility index (Phi) is 3.31. The fourth-order valence-corrected chi connectivity index (χ4v) is 1.08. The molecule has 5 heteroatoms. The molecule has 0 radical (unpaired) electrons. The Labute approximate surface area is 91.8 Å². The molecular formula is C9H14BrN3O. The molecule has 0 fully saturated rings. The number of amides is 1. The van der Waals surface area contributed by atoms with Gasteiger partial charge in [-0.25, -0.2) is 0 Å². The summed E-state index contributed by atoms with van der Waals surface area (Å²) in [5.74, 6) is -0.0387. The van der Waals surface area contributed by atoms with Crippen LogP contribution in [-0.2, 0) is 18.4 Å². The molecule has 1 amide bonds. The number of nitrogens with one attached hydrogen (secondary N) is 1. The molecule has 0 aliphatic rings. The van der Waals surface area contributed by atoms with Crippen LogP contribution in [0.25, 0.3) is 0 Å². The van der Waals surface area contributed by atoms with Crippen molar-refractivity contribution in [2.45, 2.75) is 24.7 Å². The summed E-state index contributed by atoms with van der Waals surface area (Å²) in [5.41, 5.74) is 0.859. The van der Waals surface area contributed by atoms with Crippen molar-refractivity contribution in [2.75, 3.05) is 0 Å². The van der Waals surface area contributed by atoms with Crippen LogP contribution in [-0.4, -0.2) is 20.0 Å². The molecule has 0 aliphatic carbocycles. The van der Waals surface area contributed by atoms with Gasteiger partial charge in [0.1, 0.15) is 0 Å². The number of hydrogen-bond donors (Lipinski definition) is 1. The van der Waals surface area contributed by atoms with Gasteiger partial charge < -0.3 is 5.32 Å². The van der Waals surface area contributed by atoms with Gasteiger partial charge >= 0.3 is 0 Å². The topological polar surface area (TPSA) is 46.9 Å². The number of halogens is 1. The lowest BCUT2D eigenvalue weighted by atomic mass is 10.2. The third kappa shape index (κ3) is 3.14. The van der Waals surface area contributed by atoms with E-state index in [9.17, 15) is 4.79 Å². The van der Waals surface area contributed by atoms with E-state index in [-0.39, 0.29) is 5.91 Å². The van der Waals surface area contributed by atoms with E-state index < -0.39 is 4.32 Å². The standard InChI is InChI=1S/C9H14BrN3O/c1-9(2,10)8(14)11-6-7-4-5-13(3)12-7/h4-5H,6H2,1-3H3,(H,11,14). The Morgan fingerprint density at radius 3 is 2.79 bits per heavy atom. The van der Waals surface area contributed by atoms with E-state index in [4.69, 9.17) is 0 Å². The number of aromatic nitrogens is 2. The first-order valence-corrected chi connectivity index (χ1v) is 5.14. The number of carbonyl (C=O) groups excluding carboxylic acids is 1. The Morgan fingerprint density at radius 1 is 1.71 bits per heavy atom. The maximum absolute atomic E-state index is 11.5. The molecule has 1 aromatic heterocycles. The highest BCUT2D eigenvalue weighted by Gasteiger charge is 2.22. The van der Waals surface area contributed by atoms with Gasteiger partial charge in [0.2, 0.25) is 5.91 Å². The molecule has 0 saturated heterocycles. The van der Waals surface area contributed by atoms with Gasteiger partial charge in [-0.05, 0) is 19.9 Å². The molecule has 1 aromatic rings. The molecule has 1 heterocycles. The minimum absolute atomic E-state index is 0.0387. The van der Waals surface area contributed by atoms with Crippen molar-refractivity contribution in [2.24, 2.45) is 7.05 Å². The van der Waals surface area contributed by atoms with Crippen LogP contribution < -0.4 is 5.32 Å². The maximum atomic E-state index is 11.5. The highest BCUT2D eigenvalue weighted by molar-refractivity contribution is 9.10. The largest absolute Gasteiger partial charge is 0.349 e. The second kappa shape index (κ2) is 4.13. The molecule has 0 spiro atoms. The SMILES string of the molecule is Cn1ccc(CNC(=O)C(C)(C)Br)n1. The summed E-state index contributed by atoms with van der Waals surface area (Å²) in [6.45, 7) is 4.08. The Bertz CT molecular complexity index is 327. The van der Waals surface area contributed by atoms with Crippen molar-refractivity contribution >= 4 is 21.8 Å². The van der Waals surface area contributed by atoms with E-state index in [2.05, 4.69) is 26.3 Å². The second-order valence-corrected chi connectivity index (χ2v) is 5.62. The van der Waals surface area contributed by atoms with Gasteiger partial charge in [-0.3, -0.25) is 9.48 Å². The van der Waals surface area contributed by atoms with Crippen molar-refractivity contribution < 1.29 is 4.79 Å². The summed E-state index contributed by atoms with van der Waals surface area (Å²) in [4.78, 5) is 11.5. The third-order valence-electron chi connectivity index (χ3n) is 1.74. The minimum atomic E-state index is -0.526. The van der Waals surface area contributed by atoms with Crippen LogP contribution in [0, 0.1) is 0 Å². The normalized spacial score (nSPS) is 11.4. The average Bonchev–Trinajstić information content (AvgIpc) is 2.45. The van der Waals surface area contributed by atoms with E-state index in [1.54, 1.807) is 18.5 Å². The van der Waals surface area contributed by atoms with Crippen molar-refractivity contribution in [3.63, 3.8) is 0 Å². The smallest absolute Gasteiger partial charge is 0.236 e. The summed E-state index contributed by atoms with van der Waals surface area (Å²) in [6, 6.07) is 1.88. The molecule has 1 N–H and O–H groups in total. The lowest BCUT2D eigenvalue weighted by Gasteiger charge is -2.14. The number of rotatable bonds is 3. The van der Waals surface area contributed by atoms with Crippen LogP contribution in [0.1, 0.15) is 19.5 Å². The maximum Gasteiger partial charge on any atom is 0.236 e. The average molecular weight is 260 g/mol. The lowest BCUT2D eigenvalue weighted by Crippen LogP contribution is -2.37. The van der Waals surface area contributed by atoms with Gasteiger partial charge in [-0.2, -0.15) is 5.10 Å². The molecular weight excluding hydrogens is 246 g/mol. The number of carbonyl (C=O) groups is 1. The zero-order valence-electron chi connectivity index (χ0n) is 8.54. The summed E-state index contributed by atoms with van der Waals surface area (Å²) >= 11 is 3.29. The van der Waals surface area contributed by atoms with Crippen molar-refractivity contribution in [1.82, 2.24) is 15.1 Å². The summed E-state index contributed by atoms with van der Waals surface area (Å²) in [7, 11) is 1.85. The summed E-state index contributed by atoms with van der Waals surface area (Å²) in [6.07, 6.45) is 1.85. The van der Waals surface area contributed by atoms with Crippen LogP contribution in [0.5, 0.6) is 0 Å². The quantitative estimate of drug-likeness (QED) is 0.830. The monoisotopic (exact) mass is 259 g/mol. The second-order valence-electron chi connectivity index (χ2n) is 3.64. The van der Waals surface area contributed by atoms with Crippen LogP contribution in [0.4, 0.5) is 0 Å². The van der Waals surface area contributed by atoms with Gasteiger partial charge in [0.15, 0.2) is 0 Å². The molecule has 78 valence electrons. The molecule has 0 aliphatic heterocycles. The summed E-state index contributed by atoms with van der Waals surface area (Å²) in [5, 5.41) is 6.94. The highest BCUT2D eigenvalue weighted by atomic mass is 79.9. The molecule has 4 nitrogen and oxygen atoms in total. The van der Waals surface area contributed by atoms with Crippen molar-refractivity contribution in [1.29, 1.82) is 0 Å². The molecule has 1 rings (SSSR count). The number of nitrogens with zero attached hydrogens (tertiary/aromatic N) is 2. The van der Waals surface area contributed by atoms with Crippen molar-refractivity contribution in [3.8, 4) is 0 Å². The first kappa shape index (κ1) is 11.2. The van der Waals surface area contributed by atoms with Crippen LogP contribution >= 0.6 is 15.9 Å². The van der Waals surface area contributed by atoms with Crippen LogP contribution in [0.3, 0.4) is 0 Å². The number of hydrogen-bond acceptors (Lipinski definition) is 2. The first-order chi connectivity index (χ1) is 6.39. The number of aryl methyl sites for hydroxylation is 1. The predicted molar refractivity (Wildman–Crippen MR) is 58.1 cm³/mol. The molecule has 0 bridgehead atoms. The highest BCUT2D eigenvalue weighted by Crippen LogP contribution is 2.15. The van der Waals surface area contributed by atoms with E-state index in [1.807, 2.05) is 19.3 Å². The van der Waals surface area contributed by atoms with Crippen LogP contribution in [0.15, 0.2) is 12.3 Å². The Balaban J connectivity index is 2.46. The van der Waals surface area contributed by atoms with E-state index in [0.29, 0.717) is 6.54 Å². The Morgan fingerprint density at radius 2 is 2.36 bits per heavy atom. The lowest BCUT2D eigenvalue weighted by molar-refractivity contribution is -0.122. The summed E-state index contributed by atoms with van der Waals surface area (Å²) < 4.78 is 1.18.